The van der Waals surface area contributed by atoms with Crippen LogP contribution in [0.25, 0.3) is 0 Å². The van der Waals surface area contributed by atoms with E-state index in [2.05, 4.69) is 9.88 Å². The standard InChI is InChI=1S/C13H18Cl2N2O/c14-12-7-10(8-13(15)16-12)9-17-5-2-1-3-11(17)4-6-18/h7-8,11,18H,1-6,9H2/t11-/m1/s1. The molecule has 3 nitrogen and oxygen atoms in total. The minimum atomic E-state index is 0.249. The van der Waals surface area contributed by atoms with Crippen molar-refractivity contribution in [3.05, 3.63) is 28.0 Å². The third-order valence-electron chi connectivity index (χ3n) is 3.42. The van der Waals surface area contributed by atoms with Crippen LogP contribution in [0.5, 0.6) is 0 Å². The lowest BCUT2D eigenvalue weighted by molar-refractivity contribution is 0.112. The van der Waals surface area contributed by atoms with E-state index in [1.165, 1.54) is 12.8 Å². The number of pyridine rings is 1. The van der Waals surface area contributed by atoms with Gasteiger partial charge < -0.3 is 5.11 Å². The van der Waals surface area contributed by atoms with Gasteiger partial charge in [-0.15, -0.1) is 0 Å². The number of likely N-dealkylation sites (tertiary alicyclic amines) is 1. The number of aromatic nitrogens is 1. The number of aliphatic hydroxyl groups excluding tert-OH is 1. The Morgan fingerprint density at radius 1 is 1.28 bits per heavy atom. The normalized spacial score (nSPS) is 21.2. The molecule has 1 N–H and O–H groups in total. The van der Waals surface area contributed by atoms with Crippen molar-refractivity contribution in [3.8, 4) is 0 Å². The minimum Gasteiger partial charge on any atom is -0.396 e. The molecule has 18 heavy (non-hydrogen) atoms. The van der Waals surface area contributed by atoms with Gasteiger partial charge in [0.15, 0.2) is 0 Å². The van der Waals surface area contributed by atoms with Crippen LogP contribution in [-0.4, -0.2) is 34.2 Å². The maximum atomic E-state index is 9.11. The summed E-state index contributed by atoms with van der Waals surface area (Å²) in [5.74, 6) is 0. The lowest BCUT2D eigenvalue weighted by Crippen LogP contribution is -2.39. The molecular weight excluding hydrogens is 271 g/mol. The Morgan fingerprint density at radius 3 is 2.67 bits per heavy atom. The molecule has 1 aliphatic heterocycles. The van der Waals surface area contributed by atoms with Gasteiger partial charge in [-0.25, -0.2) is 4.98 Å². The number of nitrogens with zero attached hydrogens (tertiary/aromatic N) is 2. The van der Waals surface area contributed by atoms with Crippen molar-refractivity contribution in [1.29, 1.82) is 0 Å². The highest BCUT2D eigenvalue weighted by molar-refractivity contribution is 6.32. The van der Waals surface area contributed by atoms with Crippen LogP contribution >= 0.6 is 23.2 Å². The molecule has 1 atom stereocenters. The first-order valence-electron chi connectivity index (χ1n) is 6.36. The van der Waals surface area contributed by atoms with Crippen molar-refractivity contribution in [2.24, 2.45) is 0 Å². The summed E-state index contributed by atoms with van der Waals surface area (Å²) in [5, 5.41) is 9.99. The summed E-state index contributed by atoms with van der Waals surface area (Å²) in [6.07, 6.45) is 4.47. The van der Waals surface area contributed by atoms with Crippen LogP contribution in [0.4, 0.5) is 0 Å². The zero-order chi connectivity index (χ0) is 13.0. The van der Waals surface area contributed by atoms with E-state index in [0.29, 0.717) is 16.3 Å². The lowest BCUT2D eigenvalue weighted by atomic mass is 9.99. The average Bonchev–Trinajstić information content (AvgIpc) is 2.30. The summed E-state index contributed by atoms with van der Waals surface area (Å²) in [6.45, 7) is 2.15. The van der Waals surface area contributed by atoms with E-state index in [0.717, 1.165) is 31.5 Å². The number of halogens is 2. The van der Waals surface area contributed by atoms with E-state index in [1.807, 2.05) is 12.1 Å². The van der Waals surface area contributed by atoms with E-state index < -0.39 is 0 Å². The van der Waals surface area contributed by atoms with Crippen LogP contribution in [0, 0.1) is 0 Å². The first-order chi connectivity index (χ1) is 8.69. The Hall–Kier alpha value is -0.350. The van der Waals surface area contributed by atoms with Gasteiger partial charge in [0.1, 0.15) is 10.3 Å². The number of rotatable bonds is 4. The van der Waals surface area contributed by atoms with Gasteiger partial charge in [0.2, 0.25) is 0 Å². The van der Waals surface area contributed by atoms with E-state index >= 15 is 0 Å². The summed E-state index contributed by atoms with van der Waals surface area (Å²) in [4.78, 5) is 6.36. The number of aliphatic hydroxyl groups is 1. The van der Waals surface area contributed by atoms with Crippen molar-refractivity contribution in [1.82, 2.24) is 9.88 Å². The maximum Gasteiger partial charge on any atom is 0.131 e. The van der Waals surface area contributed by atoms with Crippen molar-refractivity contribution in [2.45, 2.75) is 38.3 Å². The zero-order valence-corrected chi connectivity index (χ0v) is 11.8. The van der Waals surface area contributed by atoms with Crippen LogP contribution < -0.4 is 0 Å². The molecule has 1 aliphatic rings. The molecular formula is C13H18Cl2N2O. The predicted molar refractivity (Wildman–Crippen MR) is 74.0 cm³/mol. The monoisotopic (exact) mass is 288 g/mol. The molecule has 0 amide bonds. The fraction of sp³-hybridized carbons (Fsp3) is 0.615. The van der Waals surface area contributed by atoms with Crippen LogP contribution in [0.2, 0.25) is 10.3 Å². The Kier molecular flexibility index (Phi) is 5.25. The third-order valence-corrected chi connectivity index (χ3v) is 3.81. The SMILES string of the molecule is OCC[C@H]1CCCCN1Cc1cc(Cl)nc(Cl)c1. The quantitative estimate of drug-likeness (QED) is 0.865. The molecule has 1 fully saturated rings. The predicted octanol–water partition coefficient (Wildman–Crippen LogP) is 3.13. The molecule has 2 heterocycles. The Labute approximate surface area is 118 Å². The van der Waals surface area contributed by atoms with Crippen molar-refractivity contribution >= 4 is 23.2 Å². The number of piperidine rings is 1. The van der Waals surface area contributed by atoms with Gasteiger partial charge in [0, 0.05) is 19.2 Å². The summed E-state index contributed by atoms with van der Waals surface area (Å²) in [5.41, 5.74) is 1.09. The fourth-order valence-electron chi connectivity index (χ4n) is 2.58. The first kappa shape index (κ1) is 14.1. The van der Waals surface area contributed by atoms with E-state index in [-0.39, 0.29) is 6.61 Å². The van der Waals surface area contributed by atoms with E-state index in [1.54, 1.807) is 0 Å². The molecule has 0 bridgehead atoms. The summed E-state index contributed by atoms with van der Waals surface area (Å²) in [6, 6.07) is 4.19. The Bertz CT molecular complexity index is 378. The van der Waals surface area contributed by atoms with Crippen molar-refractivity contribution in [3.63, 3.8) is 0 Å². The average molecular weight is 289 g/mol. The maximum absolute atomic E-state index is 9.11. The van der Waals surface area contributed by atoms with E-state index in [9.17, 15) is 0 Å². The topological polar surface area (TPSA) is 36.4 Å². The second-order valence-corrected chi connectivity index (χ2v) is 5.53. The van der Waals surface area contributed by atoms with Crippen molar-refractivity contribution in [2.75, 3.05) is 13.2 Å². The molecule has 0 unspecified atom stereocenters. The van der Waals surface area contributed by atoms with Gasteiger partial charge in [-0.1, -0.05) is 29.6 Å². The molecule has 0 radical (unpaired) electrons. The highest BCUT2D eigenvalue weighted by Gasteiger charge is 2.22. The number of hydrogen-bond donors (Lipinski definition) is 1. The molecule has 1 aromatic heterocycles. The van der Waals surface area contributed by atoms with Crippen LogP contribution in [0.15, 0.2) is 12.1 Å². The second kappa shape index (κ2) is 6.71. The summed E-state index contributed by atoms with van der Waals surface area (Å²) in [7, 11) is 0. The van der Waals surface area contributed by atoms with Gasteiger partial charge in [0.25, 0.3) is 0 Å². The summed E-state index contributed by atoms with van der Waals surface area (Å²) < 4.78 is 0. The molecule has 0 saturated carbocycles. The highest BCUT2D eigenvalue weighted by atomic mass is 35.5. The molecule has 0 aliphatic carbocycles. The summed E-state index contributed by atoms with van der Waals surface area (Å²) >= 11 is 11.8. The molecule has 2 rings (SSSR count). The lowest BCUT2D eigenvalue weighted by Gasteiger charge is -2.35. The smallest absolute Gasteiger partial charge is 0.131 e. The van der Waals surface area contributed by atoms with Crippen LogP contribution in [0.3, 0.4) is 0 Å². The van der Waals surface area contributed by atoms with Gasteiger partial charge in [0.05, 0.1) is 0 Å². The van der Waals surface area contributed by atoms with Gasteiger partial charge >= 0.3 is 0 Å². The Morgan fingerprint density at radius 2 is 2.00 bits per heavy atom. The molecule has 100 valence electrons. The number of hydrogen-bond acceptors (Lipinski definition) is 3. The van der Waals surface area contributed by atoms with Gasteiger partial charge in [-0.2, -0.15) is 0 Å². The zero-order valence-electron chi connectivity index (χ0n) is 10.3. The van der Waals surface area contributed by atoms with Crippen molar-refractivity contribution < 1.29 is 5.11 Å². The Balaban J connectivity index is 2.05. The fourth-order valence-corrected chi connectivity index (χ4v) is 3.09. The largest absolute Gasteiger partial charge is 0.396 e. The van der Waals surface area contributed by atoms with Gasteiger partial charge in [-0.05, 0) is 43.5 Å². The molecule has 0 spiro atoms. The molecule has 0 aromatic carbocycles. The third kappa shape index (κ3) is 3.82. The molecule has 5 heteroatoms. The van der Waals surface area contributed by atoms with Gasteiger partial charge in [-0.3, -0.25) is 4.90 Å². The van der Waals surface area contributed by atoms with Crippen LogP contribution in [-0.2, 0) is 6.54 Å². The van der Waals surface area contributed by atoms with Crippen LogP contribution in [0.1, 0.15) is 31.2 Å². The first-order valence-corrected chi connectivity index (χ1v) is 7.11. The minimum absolute atomic E-state index is 0.249. The molecule has 1 aromatic rings. The second-order valence-electron chi connectivity index (χ2n) is 4.75. The molecule has 1 saturated heterocycles. The van der Waals surface area contributed by atoms with E-state index in [4.69, 9.17) is 28.3 Å². The highest BCUT2D eigenvalue weighted by Crippen LogP contribution is 2.23.